The van der Waals surface area contributed by atoms with Crippen molar-refractivity contribution < 1.29 is 8.42 Å². The minimum atomic E-state index is -3.44. The summed E-state index contributed by atoms with van der Waals surface area (Å²) in [7, 11) is -1.52. The number of aromatic amines is 1. The molecule has 1 fully saturated rings. The second-order valence-electron chi connectivity index (χ2n) is 5.61. The summed E-state index contributed by atoms with van der Waals surface area (Å²) in [6.07, 6.45) is 1.98. The quantitative estimate of drug-likeness (QED) is 0.871. The minimum absolute atomic E-state index is 0.319. The van der Waals surface area contributed by atoms with Gasteiger partial charge in [-0.3, -0.25) is 5.10 Å². The number of H-pyrrole nitrogens is 1. The molecule has 0 bridgehead atoms. The molecule has 1 aromatic rings. The Kier molecular flexibility index (Phi) is 4.51. The average Bonchev–Trinajstić information content (AvgIpc) is 2.78. The van der Waals surface area contributed by atoms with Crippen LogP contribution in [0, 0.1) is 19.8 Å². The summed E-state index contributed by atoms with van der Waals surface area (Å²) in [5.74, 6) is 0.357. The van der Waals surface area contributed by atoms with Crippen LogP contribution in [0.25, 0.3) is 0 Å². The lowest BCUT2D eigenvalue weighted by Crippen LogP contribution is -2.45. The zero-order valence-electron chi connectivity index (χ0n) is 12.6. The topological polar surface area (TPSA) is 78.1 Å². The number of piperidine rings is 1. The largest absolute Gasteiger partial charge is 0.317 e. The molecule has 7 heteroatoms. The first-order valence-electron chi connectivity index (χ1n) is 7.07. The molecular weight excluding hydrogens is 276 g/mol. The lowest BCUT2D eigenvalue weighted by molar-refractivity contribution is 0.229. The van der Waals surface area contributed by atoms with Gasteiger partial charge in [-0.2, -0.15) is 9.40 Å². The molecule has 0 aromatic carbocycles. The van der Waals surface area contributed by atoms with Crippen molar-refractivity contribution in [1.82, 2.24) is 19.8 Å². The third-order valence-electron chi connectivity index (χ3n) is 4.24. The molecule has 1 aromatic heterocycles. The van der Waals surface area contributed by atoms with Crippen molar-refractivity contribution in [3.63, 3.8) is 0 Å². The Balaban J connectivity index is 2.26. The first kappa shape index (κ1) is 15.5. The third-order valence-corrected chi connectivity index (χ3v) is 6.37. The molecule has 1 aliphatic rings. The van der Waals surface area contributed by atoms with Gasteiger partial charge in [0.25, 0.3) is 0 Å². The van der Waals surface area contributed by atoms with Crippen molar-refractivity contribution in [1.29, 1.82) is 0 Å². The fraction of sp³-hybridized carbons (Fsp3) is 0.769. The number of nitrogens with zero attached hydrogens (tertiary/aromatic N) is 2. The van der Waals surface area contributed by atoms with Crippen molar-refractivity contribution in [3.05, 3.63) is 11.4 Å². The summed E-state index contributed by atoms with van der Waals surface area (Å²) in [5, 5.41) is 9.99. The van der Waals surface area contributed by atoms with E-state index in [1.54, 1.807) is 18.2 Å². The van der Waals surface area contributed by atoms with Crippen LogP contribution in [0.15, 0.2) is 4.90 Å². The number of nitrogens with one attached hydrogen (secondary N) is 2. The van der Waals surface area contributed by atoms with Crippen LogP contribution in [-0.2, 0) is 10.0 Å². The lowest BCUT2D eigenvalue weighted by atomic mass is 9.93. The number of aryl methyl sites for hydroxylation is 2. The van der Waals surface area contributed by atoms with Crippen molar-refractivity contribution in [2.75, 3.05) is 20.1 Å². The number of aromatic nitrogens is 2. The molecule has 0 amide bonds. The molecule has 2 heterocycles. The predicted molar refractivity (Wildman–Crippen MR) is 78.1 cm³/mol. The van der Waals surface area contributed by atoms with Crippen LogP contribution in [0.5, 0.6) is 0 Å². The van der Waals surface area contributed by atoms with Crippen LogP contribution in [0.1, 0.15) is 31.2 Å². The maximum atomic E-state index is 12.8. The Morgan fingerprint density at radius 1 is 1.45 bits per heavy atom. The van der Waals surface area contributed by atoms with E-state index in [0.717, 1.165) is 12.8 Å². The van der Waals surface area contributed by atoms with Crippen LogP contribution >= 0.6 is 0 Å². The summed E-state index contributed by atoms with van der Waals surface area (Å²) in [5.41, 5.74) is 1.16. The van der Waals surface area contributed by atoms with Gasteiger partial charge in [-0.1, -0.05) is 0 Å². The highest BCUT2D eigenvalue weighted by Crippen LogP contribution is 2.27. The van der Waals surface area contributed by atoms with Gasteiger partial charge in [0.1, 0.15) is 4.90 Å². The molecule has 2 atom stereocenters. The highest BCUT2D eigenvalue weighted by molar-refractivity contribution is 7.89. The summed E-state index contributed by atoms with van der Waals surface area (Å²) >= 11 is 0. The Bertz CT molecular complexity index is 547. The molecular formula is C13H24N4O2S. The average molecular weight is 300 g/mol. The van der Waals surface area contributed by atoms with E-state index >= 15 is 0 Å². The van der Waals surface area contributed by atoms with Gasteiger partial charge in [0.15, 0.2) is 0 Å². The smallest absolute Gasteiger partial charge is 0.246 e. The SMILES string of the molecule is CNC(C)C1CCCN(S(=O)(=O)c2c(C)n[nH]c2C)C1. The van der Waals surface area contributed by atoms with E-state index in [1.807, 2.05) is 7.05 Å². The van der Waals surface area contributed by atoms with Crippen LogP contribution in [0.4, 0.5) is 0 Å². The van der Waals surface area contributed by atoms with Gasteiger partial charge in [0.2, 0.25) is 10.0 Å². The first-order valence-corrected chi connectivity index (χ1v) is 8.51. The summed E-state index contributed by atoms with van der Waals surface area (Å²) in [6, 6.07) is 0.319. The zero-order chi connectivity index (χ0) is 14.9. The number of sulfonamides is 1. The van der Waals surface area contributed by atoms with Crippen molar-refractivity contribution in [2.24, 2.45) is 5.92 Å². The molecule has 2 rings (SSSR count). The van der Waals surface area contributed by atoms with E-state index in [9.17, 15) is 8.42 Å². The molecule has 0 radical (unpaired) electrons. The monoisotopic (exact) mass is 300 g/mol. The van der Waals surface area contributed by atoms with Crippen LogP contribution in [-0.4, -0.2) is 49.1 Å². The van der Waals surface area contributed by atoms with Crippen molar-refractivity contribution >= 4 is 10.0 Å². The maximum Gasteiger partial charge on any atom is 0.246 e. The Morgan fingerprint density at radius 2 is 2.15 bits per heavy atom. The van der Waals surface area contributed by atoms with Crippen molar-refractivity contribution in [3.8, 4) is 0 Å². The molecule has 6 nitrogen and oxygen atoms in total. The first-order chi connectivity index (χ1) is 9.37. The fourth-order valence-electron chi connectivity index (χ4n) is 2.89. The van der Waals surface area contributed by atoms with Gasteiger partial charge in [0.05, 0.1) is 11.4 Å². The van der Waals surface area contributed by atoms with E-state index < -0.39 is 10.0 Å². The Morgan fingerprint density at radius 3 is 2.70 bits per heavy atom. The fourth-order valence-corrected chi connectivity index (χ4v) is 4.75. The molecule has 2 unspecified atom stereocenters. The second kappa shape index (κ2) is 5.83. The van der Waals surface area contributed by atoms with E-state index in [-0.39, 0.29) is 0 Å². The minimum Gasteiger partial charge on any atom is -0.317 e. The number of hydrogen-bond donors (Lipinski definition) is 2. The normalized spacial score (nSPS) is 22.9. The summed E-state index contributed by atoms with van der Waals surface area (Å²) in [4.78, 5) is 0.343. The van der Waals surface area contributed by atoms with Crippen LogP contribution < -0.4 is 5.32 Å². The van der Waals surface area contributed by atoms with Gasteiger partial charge in [-0.05, 0) is 46.6 Å². The van der Waals surface area contributed by atoms with Gasteiger partial charge in [0, 0.05) is 19.1 Å². The van der Waals surface area contributed by atoms with E-state index in [2.05, 4.69) is 22.4 Å². The predicted octanol–water partition coefficient (Wildman–Crippen LogP) is 1.04. The van der Waals surface area contributed by atoms with Crippen LogP contribution in [0.3, 0.4) is 0 Å². The third kappa shape index (κ3) is 2.75. The molecule has 114 valence electrons. The molecule has 0 aliphatic carbocycles. The van der Waals surface area contributed by atoms with E-state index in [4.69, 9.17) is 0 Å². The summed E-state index contributed by atoms with van der Waals surface area (Å²) in [6.45, 7) is 6.77. The zero-order valence-corrected chi connectivity index (χ0v) is 13.4. The maximum absolute atomic E-state index is 12.8. The molecule has 20 heavy (non-hydrogen) atoms. The van der Waals surface area contributed by atoms with Crippen molar-refractivity contribution in [2.45, 2.75) is 44.6 Å². The van der Waals surface area contributed by atoms with Crippen LogP contribution in [0.2, 0.25) is 0 Å². The van der Waals surface area contributed by atoms with Gasteiger partial charge in [-0.15, -0.1) is 0 Å². The highest BCUT2D eigenvalue weighted by atomic mass is 32.2. The highest BCUT2D eigenvalue weighted by Gasteiger charge is 2.34. The van der Waals surface area contributed by atoms with Gasteiger partial charge >= 0.3 is 0 Å². The van der Waals surface area contributed by atoms with E-state index in [0.29, 0.717) is 41.3 Å². The molecule has 0 spiro atoms. The second-order valence-corrected chi connectivity index (χ2v) is 7.48. The van der Waals surface area contributed by atoms with E-state index in [1.165, 1.54) is 0 Å². The lowest BCUT2D eigenvalue weighted by Gasteiger charge is -2.34. The summed E-state index contributed by atoms with van der Waals surface area (Å²) < 4.78 is 27.2. The van der Waals surface area contributed by atoms with Gasteiger partial charge in [-0.25, -0.2) is 8.42 Å². The molecule has 1 saturated heterocycles. The molecule has 2 N–H and O–H groups in total. The number of hydrogen-bond acceptors (Lipinski definition) is 4. The Hall–Kier alpha value is -0.920. The molecule has 0 saturated carbocycles. The van der Waals surface area contributed by atoms with Gasteiger partial charge < -0.3 is 5.32 Å². The number of rotatable bonds is 4. The Labute approximate surface area is 121 Å². The standard InChI is InChI=1S/C13H24N4O2S/c1-9(14-4)12-6-5-7-17(8-12)20(18,19)13-10(2)15-16-11(13)3/h9,12,14H,5-8H2,1-4H3,(H,15,16). The molecule has 1 aliphatic heterocycles.